The van der Waals surface area contributed by atoms with Crippen molar-refractivity contribution in [1.82, 2.24) is 4.98 Å². The Balaban J connectivity index is 1.22. The lowest BCUT2D eigenvalue weighted by molar-refractivity contribution is 0.568. The van der Waals surface area contributed by atoms with Crippen molar-refractivity contribution in [2.75, 3.05) is 9.80 Å². The summed E-state index contributed by atoms with van der Waals surface area (Å²) in [6.45, 7) is 41.7. The molecule has 3 heterocycles. The lowest BCUT2D eigenvalue weighted by Gasteiger charge is -2.45. The van der Waals surface area contributed by atoms with Gasteiger partial charge in [-0.1, -0.05) is 258 Å². The molecule has 9 aromatic carbocycles. The smallest absolute Gasteiger partial charge is 0.252 e. The van der Waals surface area contributed by atoms with Crippen molar-refractivity contribution < 1.29 is 0 Å². The first-order valence-electron chi connectivity index (χ1n) is 31.6. The Hall–Kier alpha value is -8.21. The number of fused-ring (bicyclic) bond motifs is 4. The number of benzene rings is 9. The topological polar surface area (TPSA) is 19.4 Å². The highest BCUT2D eigenvalue weighted by Gasteiger charge is 2.44. The maximum atomic E-state index is 5.96. The van der Waals surface area contributed by atoms with E-state index in [2.05, 4.69) is 341 Å². The van der Waals surface area contributed by atoms with E-state index < -0.39 is 0 Å². The molecule has 438 valence electrons. The summed E-state index contributed by atoms with van der Waals surface area (Å²) < 4.78 is 0. The second-order valence-electron chi connectivity index (χ2n) is 31.1. The van der Waals surface area contributed by atoms with Crippen molar-refractivity contribution in [3.05, 3.63) is 240 Å². The SMILES string of the molecule is CC(C)(C)c1ccc(N2c3ccc(-c4ccccc4)cc3B3c4cc(-c5ccccc5)ccc4N(c4ccc(C(C)(C)C)cc4)c4cc(-c5cc(-c6cc(C(C)(C)C)cc(C(C)(C)C)c6)cc(-c6cc(C(C)(C)C)cc(C(C)(C)C)c6)n5)cc2c43)cc1. The molecule has 2 aliphatic heterocycles. The van der Waals surface area contributed by atoms with Crippen molar-refractivity contribution in [3.63, 3.8) is 0 Å². The maximum Gasteiger partial charge on any atom is 0.252 e. The normalized spacial score (nSPS) is 13.6. The molecule has 0 fully saturated rings. The lowest BCUT2D eigenvalue weighted by atomic mass is 9.33. The summed E-state index contributed by atoms with van der Waals surface area (Å²) in [6, 6.07) is 79.3. The largest absolute Gasteiger partial charge is 0.311 e. The molecule has 0 saturated carbocycles. The molecular formula is C83H88BN3. The van der Waals surface area contributed by atoms with Crippen molar-refractivity contribution in [2.24, 2.45) is 0 Å². The summed E-state index contributed by atoms with van der Waals surface area (Å²) in [4.78, 5) is 11.1. The van der Waals surface area contributed by atoms with E-state index in [0.29, 0.717) is 0 Å². The van der Waals surface area contributed by atoms with E-state index in [1.165, 1.54) is 89.0 Å². The fourth-order valence-corrected chi connectivity index (χ4v) is 12.8. The second kappa shape index (κ2) is 21.3. The number of pyridine rings is 1. The molecule has 3 nitrogen and oxygen atoms in total. The van der Waals surface area contributed by atoms with Gasteiger partial charge in [0.2, 0.25) is 0 Å². The number of hydrogen-bond donors (Lipinski definition) is 0. The third-order valence-corrected chi connectivity index (χ3v) is 18.3. The van der Waals surface area contributed by atoms with Crippen LogP contribution in [-0.4, -0.2) is 11.7 Å². The van der Waals surface area contributed by atoms with Crippen LogP contribution in [-0.2, 0) is 32.5 Å². The van der Waals surface area contributed by atoms with Crippen LogP contribution in [0.2, 0.25) is 0 Å². The van der Waals surface area contributed by atoms with Gasteiger partial charge in [-0.05, 0) is 188 Å². The summed E-state index contributed by atoms with van der Waals surface area (Å²) in [6.07, 6.45) is 0. The Labute approximate surface area is 521 Å². The van der Waals surface area contributed by atoms with Gasteiger partial charge in [0, 0.05) is 45.3 Å². The van der Waals surface area contributed by atoms with Crippen LogP contribution in [0, 0.1) is 0 Å². The molecule has 0 atom stereocenters. The maximum absolute atomic E-state index is 5.96. The quantitative estimate of drug-likeness (QED) is 0.148. The van der Waals surface area contributed by atoms with Crippen molar-refractivity contribution in [1.29, 1.82) is 0 Å². The zero-order chi connectivity index (χ0) is 61.9. The number of anilines is 6. The van der Waals surface area contributed by atoms with Crippen molar-refractivity contribution >= 4 is 57.2 Å². The van der Waals surface area contributed by atoms with Gasteiger partial charge in [0.1, 0.15) is 0 Å². The van der Waals surface area contributed by atoms with E-state index in [1.54, 1.807) is 0 Å². The minimum absolute atomic E-state index is 0.0230. The van der Waals surface area contributed by atoms with Crippen LogP contribution >= 0.6 is 0 Å². The Morgan fingerprint density at radius 3 is 0.920 bits per heavy atom. The van der Waals surface area contributed by atoms with Crippen LogP contribution in [0.1, 0.15) is 158 Å². The van der Waals surface area contributed by atoms with E-state index in [-0.39, 0.29) is 39.2 Å². The molecule has 0 radical (unpaired) electrons. The molecule has 0 N–H and O–H groups in total. The third kappa shape index (κ3) is 11.4. The highest BCUT2D eigenvalue weighted by molar-refractivity contribution is 7.00. The predicted molar refractivity (Wildman–Crippen MR) is 378 cm³/mol. The first kappa shape index (κ1) is 59.1. The average molecular weight is 1140 g/mol. The number of aromatic nitrogens is 1. The third-order valence-electron chi connectivity index (χ3n) is 18.3. The highest BCUT2D eigenvalue weighted by atomic mass is 15.2. The molecule has 4 heteroatoms. The molecular weight excluding hydrogens is 1050 g/mol. The molecule has 10 aromatic rings. The van der Waals surface area contributed by atoms with Gasteiger partial charge in [0.05, 0.1) is 11.4 Å². The van der Waals surface area contributed by atoms with Gasteiger partial charge in [0.15, 0.2) is 0 Å². The van der Waals surface area contributed by atoms with Crippen molar-refractivity contribution in [2.45, 2.75) is 157 Å². The van der Waals surface area contributed by atoms with E-state index in [9.17, 15) is 0 Å². The van der Waals surface area contributed by atoms with Crippen LogP contribution in [0.15, 0.2) is 206 Å². The van der Waals surface area contributed by atoms with Gasteiger partial charge in [-0.3, -0.25) is 0 Å². The minimum atomic E-state index is -0.127. The fourth-order valence-electron chi connectivity index (χ4n) is 12.8. The minimum Gasteiger partial charge on any atom is -0.311 e. The zero-order valence-corrected chi connectivity index (χ0v) is 55.0. The van der Waals surface area contributed by atoms with Gasteiger partial charge in [-0.2, -0.15) is 0 Å². The molecule has 1 aromatic heterocycles. The summed E-state index contributed by atoms with van der Waals surface area (Å²) >= 11 is 0. The molecule has 0 saturated heterocycles. The monoisotopic (exact) mass is 1140 g/mol. The molecule has 2 aliphatic rings. The molecule has 0 amide bonds. The number of hydrogen-bond acceptors (Lipinski definition) is 3. The first-order valence-corrected chi connectivity index (χ1v) is 31.6. The lowest BCUT2D eigenvalue weighted by Crippen LogP contribution is -2.61. The van der Waals surface area contributed by atoms with E-state index in [1.807, 2.05) is 0 Å². The molecule has 87 heavy (non-hydrogen) atoms. The van der Waals surface area contributed by atoms with Crippen LogP contribution in [0.25, 0.3) is 55.9 Å². The zero-order valence-electron chi connectivity index (χ0n) is 55.0. The molecule has 0 aliphatic carbocycles. The molecule has 0 spiro atoms. The van der Waals surface area contributed by atoms with Crippen LogP contribution in [0.5, 0.6) is 0 Å². The Kier molecular flexibility index (Phi) is 14.5. The number of nitrogens with zero attached hydrogens (tertiary/aromatic N) is 3. The summed E-state index contributed by atoms with van der Waals surface area (Å²) in [5.41, 5.74) is 29.4. The van der Waals surface area contributed by atoms with Gasteiger partial charge < -0.3 is 9.80 Å². The van der Waals surface area contributed by atoms with Crippen LogP contribution < -0.4 is 26.2 Å². The average Bonchev–Trinajstić information content (AvgIpc) is 0.828. The van der Waals surface area contributed by atoms with Gasteiger partial charge >= 0.3 is 0 Å². The van der Waals surface area contributed by atoms with Crippen molar-refractivity contribution in [3.8, 4) is 55.9 Å². The fraction of sp³-hybridized carbons (Fsp3) is 0.289. The van der Waals surface area contributed by atoms with Gasteiger partial charge in [0.25, 0.3) is 6.71 Å². The van der Waals surface area contributed by atoms with Crippen LogP contribution in [0.3, 0.4) is 0 Å². The first-order chi connectivity index (χ1) is 40.9. The summed E-state index contributed by atoms with van der Waals surface area (Å²) in [5.74, 6) is 0. The molecule has 0 unspecified atom stereocenters. The Bertz CT molecular complexity index is 3910. The molecule has 12 rings (SSSR count). The number of rotatable bonds is 7. The summed E-state index contributed by atoms with van der Waals surface area (Å²) in [7, 11) is 0. The van der Waals surface area contributed by atoms with Crippen LogP contribution in [0.4, 0.5) is 34.1 Å². The Morgan fingerprint density at radius 2 is 0.575 bits per heavy atom. The Morgan fingerprint density at radius 1 is 0.253 bits per heavy atom. The predicted octanol–water partition coefficient (Wildman–Crippen LogP) is 21.3. The highest BCUT2D eigenvalue weighted by Crippen LogP contribution is 2.49. The van der Waals surface area contributed by atoms with Gasteiger partial charge in [-0.15, -0.1) is 0 Å². The molecule has 0 bridgehead atoms. The van der Waals surface area contributed by atoms with E-state index in [0.717, 1.165) is 50.8 Å². The standard InChI is InChI=1S/C83H88BN3/c1-78(2,3)61-31-35-67(36-32-61)86-73-39-29-55(53-25-21-19-22-26-53)45-69(73)84-70-46-56(54-27-23-20-24-28-54)30-40-74(70)87(68-37-33-62(34-38-68)79(4,5)6)76-50-60(49-75(86)77(76)84)72-48-58(57-41-63(80(7,8)9)51-64(42-57)81(10,11)12)47-71(85-72)59-43-65(82(13,14)15)52-66(44-59)83(16,17)18/h19-52H,1-18H3. The van der Waals surface area contributed by atoms with E-state index in [4.69, 9.17) is 4.98 Å². The second-order valence-corrected chi connectivity index (χ2v) is 31.1. The van der Waals surface area contributed by atoms with Gasteiger partial charge in [-0.25, -0.2) is 4.98 Å². The summed E-state index contributed by atoms with van der Waals surface area (Å²) in [5, 5.41) is 0. The van der Waals surface area contributed by atoms with E-state index >= 15 is 0 Å².